The van der Waals surface area contributed by atoms with Crippen LogP contribution in [0.3, 0.4) is 0 Å². The first-order chi connectivity index (χ1) is 9.02. The molecule has 2 rings (SSSR count). The molecule has 1 amide bonds. The minimum absolute atomic E-state index is 0.175. The largest absolute Gasteiger partial charge is 0.478 e. The number of carboxylic acids is 1. The summed E-state index contributed by atoms with van der Waals surface area (Å²) in [4.78, 5) is 22.2. The molecule has 2 N–H and O–H groups in total. The van der Waals surface area contributed by atoms with Crippen molar-refractivity contribution in [3.63, 3.8) is 0 Å². The van der Waals surface area contributed by atoms with E-state index in [4.69, 9.17) is 5.11 Å². The first-order valence-corrected chi connectivity index (χ1v) is 6.13. The lowest BCUT2D eigenvalue weighted by atomic mass is 10.2. The van der Waals surface area contributed by atoms with E-state index in [1.165, 1.54) is 23.9 Å². The number of aromatic nitrogens is 2. The quantitative estimate of drug-likeness (QED) is 0.900. The van der Waals surface area contributed by atoms with Gasteiger partial charge in [0.05, 0.1) is 11.3 Å². The molecule has 0 aliphatic rings. The normalized spacial score (nSPS) is 10.2. The van der Waals surface area contributed by atoms with Gasteiger partial charge in [-0.3, -0.25) is 4.79 Å². The molecule has 0 radical (unpaired) electrons. The molecule has 0 aliphatic heterocycles. The van der Waals surface area contributed by atoms with Crippen LogP contribution in [0.2, 0.25) is 0 Å². The van der Waals surface area contributed by atoms with Crippen molar-refractivity contribution < 1.29 is 14.7 Å². The number of carbonyl (C=O) groups is 2. The van der Waals surface area contributed by atoms with Gasteiger partial charge >= 0.3 is 5.97 Å². The first-order valence-electron chi connectivity index (χ1n) is 5.34. The Balaban J connectivity index is 2.39. The van der Waals surface area contributed by atoms with Gasteiger partial charge in [-0.15, -0.1) is 0 Å². The lowest BCUT2D eigenvalue weighted by molar-refractivity contribution is 0.0696. The molecule has 1 aromatic heterocycles. The Morgan fingerprint density at radius 2 is 2.11 bits per heavy atom. The summed E-state index contributed by atoms with van der Waals surface area (Å²) in [6.45, 7) is 0. The molecule has 0 spiro atoms. The molecule has 1 aromatic carbocycles. The maximum absolute atomic E-state index is 11.4. The Labute approximate surface area is 117 Å². The molecule has 19 heavy (non-hydrogen) atoms. The third-order valence-corrected chi connectivity index (χ3v) is 3.13. The topological polar surface area (TPSA) is 84.2 Å². The average Bonchev–Trinajstić information content (AvgIpc) is 2.87. The summed E-state index contributed by atoms with van der Waals surface area (Å²) in [6.07, 6.45) is 1.63. The van der Waals surface area contributed by atoms with Gasteiger partial charge in [0, 0.05) is 17.7 Å². The third kappa shape index (κ3) is 2.65. The van der Waals surface area contributed by atoms with Crippen molar-refractivity contribution >= 4 is 27.8 Å². The Kier molecular flexibility index (Phi) is 3.66. The molecule has 0 atom stereocenters. The molecule has 7 heteroatoms. The highest BCUT2D eigenvalue weighted by Crippen LogP contribution is 2.22. The second kappa shape index (κ2) is 5.23. The summed E-state index contributed by atoms with van der Waals surface area (Å²) >= 11 is 3.29. The van der Waals surface area contributed by atoms with Crippen molar-refractivity contribution in [3.05, 3.63) is 46.2 Å². The van der Waals surface area contributed by atoms with E-state index in [2.05, 4.69) is 26.3 Å². The van der Waals surface area contributed by atoms with Gasteiger partial charge in [-0.1, -0.05) is 0 Å². The fourth-order valence-corrected chi connectivity index (χ4v) is 2.09. The number of amides is 1. The number of carbonyl (C=O) groups excluding carboxylic acids is 1. The lowest BCUT2D eigenvalue weighted by Crippen LogP contribution is -2.18. The fourth-order valence-electron chi connectivity index (χ4n) is 1.53. The Morgan fingerprint density at radius 1 is 1.37 bits per heavy atom. The number of carboxylic acid groups (broad SMARTS) is 1. The van der Waals surface area contributed by atoms with Gasteiger partial charge in [0.1, 0.15) is 0 Å². The predicted octanol–water partition coefficient (Wildman–Crippen LogP) is 1.69. The average molecular weight is 324 g/mol. The summed E-state index contributed by atoms with van der Waals surface area (Å²) < 4.78 is 2.08. The molecule has 0 unspecified atom stereocenters. The van der Waals surface area contributed by atoms with Crippen LogP contribution in [0.5, 0.6) is 0 Å². The second-order valence-corrected chi connectivity index (χ2v) is 4.55. The van der Waals surface area contributed by atoms with E-state index in [0.29, 0.717) is 10.2 Å². The van der Waals surface area contributed by atoms with Gasteiger partial charge in [0.15, 0.2) is 5.69 Å². The van der Waals surface area contributed by atoms with E-state index in [-0.39, 0.29) is 17.2 Å². The highest BCUT2D eigenvalue weighted by molar-refractivity contribution is 9.10. The molecule has 0 saturated carbocycles. The van der Waals surface area contributed by atoms with Crippen LogP contribution in [0, 0.1) is 0 Å². The predicted molar refractivity (Wildman–Crippen MR) is 71.6 cm³/mol. The van der Waals surface area contributed by atoms with Gasteiger partial charge in [-0.2, -0.15) is 5.10 Å². The SMILES string of the molecule is CNC(=O)c1ccn(-c2ccc(C(=O)O)cc2Br)n1. The van der Waals surface area contributed by atoms with Gasteiger partial charge in [-0.05, 0) is 40.2 Å². The number of halogens is 1. The standard InChI is InChI=1S/C12H10BrN3O3/c1-14-11(17)9-4-5-16(15-9)10-3-2-7(12(18)19)6-8(10)13/h2-6H,1H3,(H,14,17)(H,18,19). The van der Waals surface area contributed by atoms with Crippen LogP contribution >= 0.6 is 15.9 Å². The molecule has 1 heterocycles. The highest BCUT2D eigenvalue weighted by atomic mass is 79.9. The molecule has 0 aliphatic carbocycles. The summed E-state index contributed by atoms with van der Waals surface area (Å²) in [5, 5.41) is 15.5. The number of aromatic carboxylic acids is 1. The third-order valence-electron chi connectivity index (χ3n) is 2.49. The van der Waals surface area contributed by atoms with Crippen LogP contribution in [0.15, 0.2) is 34.9 Å². The summed E-state index contributed by atoms with van der Waals surface area (Å²) in [7, 11) is 1.53. The van der Waals surface area contributed by atoms with Crippen LogP contribution in [0.4, 0.5) is 0 Å². The van der Waals surface area contributed by atoms with Crippen molar-refractivity contribution in [3.8, 4) is 5.69 Å². The minimum Gasteiger partial charge on any atom is -0.478 e. The maximum atomic E-state index is 11.4. The van der Waals surface area contributed by atoms with Crippen molar-refractivity contribution in [1.82, 2.24) is 15.1 Å². The van der Waals surface area contributed by atoms with Gasteiger partial charge in [0.2, 0.25) is 0 Å². The number of nitrogens with zero attached hydrogens (tertiary/aromatic N) is 2. The molecular formula is C12H10BrN3O3. The van der Waals surface area contributed by atoms with E-state index in [1.807, 2.05) is 0 Å². The molecular weight excluding hydrogens is 314 g/mol. The Hall–Kier alpha value is -2.15. The molecule has 98 valence electrons. The number of benzene rings is 1. The zero-order valence-corrected chi connectivity index (χ0v) is 11.5. The number of hydrogen-bond acceptors (Lipinski definition) is 3. The van der Waals surface area contributed by atoms with Crippen LogP contribution in [-0.2, 0) is 0 Å². The number of hydrogen-bond donors (Lipinski definition) is 2. The maximum Gasteiger partial charge on any atom is 0.335 e. The zero-order valence-electron chi connectivity index (χ0n) is 9.92. The second-order valence-electron chi connectivity index (χ2n) is 3.70. The lowest BCUT2D eigenvalue weighted by Gasteiger charge is -2.05. The fraction of sp³-hybridized carbons (Fsp3) is 0.0833. The molecule has 0 saturated heterocycles. The first kappa shape index (κ1) is 13.3. The van der Waals surface area contributed by atoms with E-state index < -0.39 is 5.97 Å². The molecule has 6 nitrogen and oxygen atoms in total. The van der Waals surface area contributed by atoms with Crippen LogP contribution in [0.1, 0.15) is 20.8 Å². The highest BCUT2D eigenvalue weighted by Gasteiger charge is 2.11. The molecule has 0 fully saturated rings. The van der Waals surface area contributed by atoms with E-state index >= 15 is 0 Å². The number of rotatable bonds is 3. The van der Waals surface area contributed by atoms with Gasteiger partial charge < -0.3 is 10.4 Å². The van der Waals surface area contributed by atoms with Crippen LogP contribution in [-0.4, -0.2) is 33.8 Å². The molecule has 2 aromatic rings. The van der Waals surface area contributed by atoms with E-state index in [9.17, 15) is 9.59 Å². The monoisotopic (exact) mass is 323 g/mol. The Bertz CT molecular complexity index is 651. The van der Waals surface area contributed by atoms with Crippen LogP contribution in [0.25, 0.3) is 5.69 Å². The van der Waals surface area contributed by atoms with E-state index in [1.54, 1.807) is 18.3 Å². The van der Waals surface area contributed by atoms with Gasteiger partial charge in [0.25, 0.3) is 5.91 Å². The van der Waals surface area contributed by atoms with Crippen molar-refractivity contribution in [2.24, 2.45) is 0 Å². The minimum atomic E-state index is -1.00. The Morgan fingerprint density at radius 3 is 2.68 bits per heavy atom. The van der Waals surface area contributed by atoms with Crippen molar-refractivity contribution in [1.29, 1.82) is 0 Å². The van der Waals surface area contributed by atoms with Gasteiger partial charge in [-0.25, -0.2) is 9.48 Å². The molecule has 0 bridgehead atoms. The number of nitrogens with one attached hydrogen (secondary N) is 1. The zero-order chi connectivity index (χ0) is 14.0. The summed E-state index contributed by atoms with van der Waals surface area (Å²) in [6, 6.07) is 6.16. The van der Waals surface area contributed by atoms with E-state index in [0.717, 1.165) is 0 Å². The van der Waals surface area contributed by atoms with Crippen molar-refractivity contribution in [2.75, 3.05) is 7.05 Å². The van der Waals surface area contributed by atoms with Crippen molar-refractivity contribution in [2.45, 2.75) is 0 Å². The smallest absolute Gasteiger partial charge is 0.335 e. The van der Waals surface area contributed by atoms with Crippen LogP contribution < -0.4 is 5.32 Å². The summed E-state index contributed by atoms with van der Waals surface area (Å²) in [5.74, 6) is -1.28. The summed E-state index contributed by atoms with van der Waals surface area (Å²) in [5.41, 5.74) is 1.12.